The van der Waals surface area contributed by atoms with E-state index in [2.05, 4.69) is 15.0 Å². The zero-order valence-electron chi connectivity index (χ0n) is 9.38. The van der Waals surface area contributed by atoms with Crippen molar-refractivity contribution in [2.75, 3.05) is 5.32 Å². The van der Waals surface area contributed by atoms with Crippen molar-refractivity contribution in [3.63, 3.8) is 0 Å². The highest BCUT2D eigenvalue weighted by molar-refractivity contribution is 5.98. The SMILES string of the molecule is CC(N)(C(=O)Nc1cnoc1)c1ccccc1. The van der Waals surface area contributed by atoms with Crippen molar-refractivity contribution in [3.8, 4) is 0 Å². The van der Waals surface area contributed by atoms with Crippen LogP contribution in [0.25, 0.3) is 0 Å². The van der Waals surface area contributed by atoms with Gasteiger partial charge in [0.1, 0.15) is 17.5 Å². The Labute approximate surface area is 98.6 Å². The Bertz CT molecular complexity index is 492. The van der Waals surface area contributed by atoms with E-state index in [-0.39, 0.29) is 5.91 Å². The van der Waals surface area contributed by atoms with Gasteiger partial charge in [-0.2, -0.15) is 0 Å². The lowest BCUT2D eigenvalue weighted by Gasteiger charge is -2.23. The summed E-state index contributed by atoms with van der Waals surface area (Å²) in [6, 6.07) is 9.18. The van der Waals surface area contributed by atoms with Gasteiger partial charge in [-0.15, -0.1) is 0 Å². The van der Waals surface area contributed by atoms with Crippen molar-refractivity contribution >= 4 is 11.6 Å². The summed E-state index contributed by atoms with van der Waals surface area (Å²) < 4.78 is 4.63. The standard InChI is InChI=1S/C12H13N3O2/c1-12(13,9-5-3-2-4-6-9)11(16)15-10-7-14-17-8-10/h2-8H,13H2,1H3,(H,15,16). The van der Waals surface area contributed by atoms with Gasteiger partial charge in [0.25, 0.3) is 0 Å². The second-order valence-corrected chi connectivity index (χ2v) is 3.94. The van der Waals surface area contributed by atoms with Crippen LogP contribution < -0.4 is 11.1 Å². The Morgan fingerprint density at radius 1 is 1.41 bits per heavy atom. The van der Waals surface area contributed by atoms with Crippen molar-refractivity contribution in [1.29, 1.82) is 0 Å². The number of anilines is 1. The first-order valence-electron chi connectivity index (χ1n) is 5.16. The smallest absolute Gasteiger partial charge is 0.248 e. The lowest BCUT2D eigenvalue weighted by molar-refractivity contribution is -0.120. The summed E-state index contributed by atoms with van der Waals surface area (Å²) in [7, 11) is 0. The molecule has 17 heavy (non-hydrogen) atoms. The van der Waals surface area contributed by atoms with Gasteiger partial charge in [0.15, 0.2) is 0 Å². The normalized spacial score (nSPS) is 14.0. The number of benzene rings is 1. The van der Waals surface area contributed by atoms with Crippen LogP contribution in [0, 0.1) is 0 Å². The second-order valence-electron chi connectivity index (χ2n) is 3.94. The van der Waals surface area contributed by atoms with E-state index in [4.69, 9.17) is 5.73 Å². The molecular formula is C12H13N3O2. The summed E-state index contributed by atoms with van der Waals surface area (Å²) in [5, 5.41) is 6.14. The fraction of sp³-hybridized carbons (Fsp3) is 0.167. The summed E-state index contributed by atoms with van der Waals surface area (Å²) in [6.45, 7) is 1.66. The summed E-state index contributed by atoms with van der Waals surface area (Å²) in [5.41, 5.74) is 6.17. The second kappa shape index (κ2) is 4.39. The molecule has 2 rings (SSSR count). The van der Waals surface area contributed by atoms with Crippen molar-refractivity contribution in [2.24, 2.45) is 5.73 Å². The molecule has 88 valence electrons. The molecule has 5 nitrogen and oxygen atoms in total. The summed E-state index contributed by atoms with van der Waals surface area (Å²) in [5.74, 6) is -0.313. The number of carbonyl (C=O) groups excluding carboxylic acids is 1. The molecule has 0 radical (unpaired) electrons. The summed E-state index contributed by atoms with van der Waals surface area (Å²) >= 11 is 0. The van der Waals surface area contributed by atoms with Crippen LogP contribution in [0.15, 0.2) is 47.3 Å². The van der Waals surface area contributed by atoms with Crippen molar-refractivity contribution < 1.29 is 9.32 Å². The van der Waals surface area contributed by atoms with Gasteiger partial charge >= 0.3 is 0 Å². The molecular weight excluding hydrogens is 218 g/mol. The maximum Gasteiger partial charge on any atom is 0.248 e. The molecule has 1 amide bonds. The largest absolute Gasteiger partial charge is 0.363 e. The number of hydrogen-bond acceptors (Lipinski definition) is 4. The molecule has 1 heterocycles. The molecule has 1 unspecified atom stereocenters. The third-order valence-corrected chi connectivity index (χ3v) is 2.54. The van der Waals surface area contributed by atoms with E-state index < -0.39 is 5.54 Å². The van der Waals surface area contributed by atoms with Gasteiger partial charge in [-0.1, -0.05) is 35.5 Å². The highest BCUT2D eigenvalue weighted by atomic mass is 16.5. The topological polar surface area (TPSA) is 81.2 Å². The van der Waals surface area contributed by atoms with Gasteiger partial charge < -0.3 is 15.6 Å². The maximum atomic E-state index is 12.0. The number of nitrogens with zero attached hydrogens (tertiary/aromatic N) is 1. The predicted octanol–water partition coefficient (Wildman–Crippen LogP) is 1.49. The van der Waals surface area contributed by atoms with E-state index in [1.54, 1.807) is 6.92 Å². The van der Waals surface area contributed by atoms with Crippen LogP contribution in [0.5, 0.6) is 0 Å². The third kappa shape index (κ3) is 2.34. The number of hydrogen-bond donors (Lipinski definition) is 2. The lowest BCUT2D eigenvalue weighted by atomic mass is 9.92. The van der Waals surface area contributed by atoms with Crippen LogP contribution in [0.3, 0.4) is 0 Å². The highest BCUT2D eigenvalue weighted by Gasteiger charge is 2.30. The number of amides is 1. The van der Waals surface area contributed by atoms with Gasteiger partial charge in [-0.25, -0.2) is 0 Å². The molecule has 1 atom stereocenters. The van der Waals surface area contributed by atoms with Crippen LogP contribution in [-0.2, 0) is 10.3 Å². The number of nitrogens with one attached hydrogen (secondary N) is 1. The van der Waals surface area contributed by atoms with Crippen LogP contribution in [0.1, 0.15) is 12.5 Å². The van der Waals surface area contributed by atoms with Crippen LogP contribution in [-0.4, -0.2) is 11.1 Å². The van der Waals surface area contributed by atoms with Crippen molar-refractivity contribution in [1.82, 2.24) is 5.16 Å². The molecule has 0 aliphatic rings. The average Bonchev–Trinajstić information content (AvgIpc) is 2.83. The van der Waals surface area contributed by atoms with Crippen molar-refractivity contribution in [3.05, 3.63) is 48.4 Å². The van der Waals surface area contributed by atoms with E-state index in [0.29, 0.717) is 5.69 Å². The average molecular weight is 231 g/mol. The number of carbonyl (C=O) groups is 1. The first-order chi connectivity index (χ1) is 8.10. The minimum atomic E-state index is -1.10. The molecule has 0 saturated heterocycles. The molecule has 2 aromatic rings. The van der Waals surface area contributed by atoms with E-state index in [0.717, 1.165) is 5.56 Å². The summed E-state index contributed by atoms with van der Waals surface area (Å²) in [6.07, 6.45) is 2.76. The molecule has 0 aliphatic carbocycles. The van der Waals surface area contributed by atoms with Crippen LogP contribution in [0.4, 0.5) is 5.69 Å². The first kappa shape index (κ1) is 11.3. The molecule has 1 aromatic heterocycles. The van der Waals surface area contributed by atoms with Crippen LogP contribution in [0.2, 0.25) is 0 Å². The van der Waals surface area contributed by atoms with Gasteiger partial charge in [0.05, 0.1) is 6.20 Å². The molecule has 0 spiro atoms. The zero-order chi connectivity index (χ0) is 12.3. The molecule has 5 heteroatoms. The van der Waals surface area contributed by atoms with Crippen molar-refractivity contribution in [2.45, 2.75) is 12.5 Å². The molecule has 1 aromatic carbocycles. The first-order valence-corrected chi connectivity index (χ1v) is 5.16. The molecule has 0 bridgehead atoms. The lowest BCUT2D eigenvalue weighted by Crippen LogP contribution is -2.45. The number of nitrogens with two attached hydrogens (primary N) is 1. The molecule has 0 saturated carbocycles. The van der Waals surface area contributed by atoms with Gasteiger partial charge in [-0.3, -0.25) is 4.79 Å². The van der Waals surface area contributed by atoms with E-state index in [1.807, 2.05) is 30.3 Å². The minimum absolute atomic E-state index is 0.313. The minimum Gasteiger partial charge on any atom is -0.363 e. The van der Waals surface area contributed by atoms with Gasteiger partial charge in [0.2, 0.25) is 5.91 Å². The van der Waals surface area contributed by atoms with E-state index in [1.165, 1.54) is 12.5 Å². The number of rotatable bonds is 3. The molecule has 3 N–H and O–H groups in total. The highest BCUT2D eigenvalue weighted by Crippen LogP contribution is 2.19. The number of aromatic nitrogens is 1. The molecule has 0 aliphatic heterocycles. The third-order valence-electron chi connectivity index (χ3n) is 2.54. The van der Waals surface area contributed by atoms with Crippen LogP contribution >= 0.6 is 0 Å². The Hall–Kier alpha value is -2.14. The van der Waals surface area contributed by atoms with Gasteiger partial charge in [-0.05, 0) is 12.5 Å². The Morgan fingerprint density at radius 2 is 2.12 bits per heavy atom. The maximum absolute atomic E-state index is 12.0. The van der Waals surface area contributed by atoms with E-state index in [9.17, 15) is 4.79 Å². The molecule has 0 fully saturated rings. The Morgan fingerprint density at radius 3 is 2.71 bits per heavy atom. The monoisotopic (exact) mass is 231 g/mol. The predicted molar refractivity (Wildman–Crippen MR) is 63.1 cm³/mol. The quantitative estimate of drug-likeness (QED) is 0.838. The Balaban J connectivity index is 2.18. The van der Waals surface area contributed by atoms with Gasteiger partial charge in [0, 0.05) is 0 Å². The fourth-order valence-electron chi connectivity index (χ4n) is 1.44. The summed E-state index contributed by atoms with van der Waals surface area (Å²) in [4.78, 5) is 12.0. The fourth-order valence-corrected chi connectivity index (χ4v) is 1.44. The zero-order valence-corrected chi connectivity index (χ0v) is 9.38. The Kier molecular flexibility index (Phi) is 2.93. The van der Waals surface area contributed by atoms with E-state index >= 15 is 0 Å².